The Hall–Kier alpha value is -3.93. The number of benzene rings is 3. The van der Waals surface area contributed by atoms with Gasteiger partial charge in [0.05, 0.1) is 29.7 Å². The molecule has 4 aromatic rings. The van der Waals surface area contributed by atoms with Gasteiger partial charge < -0.3 is 9.64 Å². The molecule has 0 aliphatic heterocycles. The minimum Gasteiger partial charge on any atom is -0.495 e. The number of unbranched alkanes of at least 4 members (excludes halogenated alkanes) is 2. The number of aromatic nitrogens is 2. The van der Waals surface area contributed by atoms with Gasteiger partial charge >= 0.3 is 0 Å². The SMILES string of the molecule is CCCCCN(C(=O)CCc1ccccc1)C(C)c1nc2ccccc2c(=O)n1-c1cc(C)ccc1OC. The van der Waals surface area contributed by atoms with Crippen LogP contribution in [0.1, 0.15) is 62.5 Å². The smallest absolute Gasteiger partial charge is 0.266 e. The van der Waals surface area contributed by atoms with Crippen molar-refractivity contribution in [1.29, 1.82) is 0 Å². The Morgan fingerprint density at radius 1 is 1.03 bits per heavy atom. The van der Waals surface area contributed by atoms with Crippen LogP contribution >= 0.6 is 0 Å². The van der Waals surface area contributed by atoms with Crippen molar-refractivity contribution in [2.24, 2.45) is 0 Å². The van der Waals surface area contributed by atoms with E-state index >= 15 is 0 Å². The van der Waals surface area contributed by atoms with Crippen LogP contribution in [-0.4, -0.2) is 34.0 Å². The van der Waals surface area contributed by atoms with Crippen molar-refractivity contribution in [2.75, 3.05) is 13.7 Å². The van der Waals surface area contributed by atoms with E-state index < -0.39 is 6.04 Å². The molecule has 1 aromatic heterocycles. The molecule has 38 heavy (non-hydrogen) atoms. The minimum absolute atomic E-state index is 0.0580. The second-order valence-corrected chi connectivity index (χ2v) is 9.76. The molecule has 198 valence electrons. The molecule has 0 saturated heterocycles. The van der Waals surface area contributed by atoms with Crippen LogP contribution in [0.5, 0.6) is 5.75 Å². The Morgan fingerprint density at radius 3 is 2.50 bits per heavy atom. The Kier molecular flexibility index (Phi) is 8.95. The highest BCUT2D eigenvalue weighted by Crippen LogP contribution is 2.29. The van der Waals surface area contributed by atoms with E-state index in [9.17, 15) is 9.59 Å². The number of ether oxygens (including phenoxy) is 1. The molecule has 1 amide bonds. The zero-order valence-corrected chi connectivity index (χ0v) is 22.8. The molecule has 0 radical (unpaired) electrons. The Bertz CT molecular complexity index is 1450. The number of rotatable bonds is 11. The van der Waals surface area contributed by atoms with Crippen LogP contribution in [0.15, 0.2) is 77.6 Å². The second kappa shape index (κ2) is 12.5. The van der Waals surface area contributed by atoms with Crippen molar-refractivity contribution in [3.63, 3.8) is 0 Å². The predicted octanol–water partition coefficient (Wildman–Crippen LogP) is 6.42. The Balaban J connectivity index is 1.82. The molecule has 0 aliphatic carbocycles. The van der Waals surface area contributed by atoms with Gasteiger partial charge in [0.15, 0.2) is 0 Å². The van der Waals surface area contributed by atoms with Crippen molar-refractivity contribution in [3.8, 4) is 11.4 Å². The Morgan fingerprint density at radius 2 is 1.76 bits per heavy atom. The molecular weight excluding hydrogens is 474 g/mol. The standard InChI is InChI=1S/C32H37N3O3/c1-5-6-12-21-34(30(36)20-18-25-13-8-7-9-14-25)24(3)31-33-27-16-11-10-15-26(27)32(37)35(31)28-22-23(2)17-19-29(28)38-4/h7-11,13-17,19,22,24H,5-6,12,18,20-21H2,1-4H3. The second-order valence-electron chi connectivity index (χ2n) is 9.76. The third-order valence-electron chi connectivity index (χ3n) is 7.01. The lowest BCUT2D eigenvalue weighted by molar-refractivity contribution is -0.133. The van der Waals surface area contributed by atoms with E-state index in [1.807, 2.05) is 85.5 Å². The molecule has 0 fully saturated rings. The molecule has 0 bridgehead atoms. The van der Waals surface area contributed by atoms with E-state index in [4.69, 9.17) is 9.72 Å². The molecule has 3 aromatic carbocycles. The average molecular weight is 512 g/mol. The first-order valence-corrected chi connectivity index (χ1v) is 13.4. The van der Waals surface area contributed by atoms with Crippen LogP contribution in [0.2, 0.25) is 0 Å². The van der Waals surface area contributed by atoms with E-state index in [0.29, 0.717) is 47.6 Å². The number of carbonyl (C=O) groups is 1. The van der Waals surface area contributed by atoms with Gasteiger partial charge in [0.1, 0.15) is 11.6 Å². The van der Waals surface area contributed by atoms with Crippen LogP contribution in [-0.2, 0) is 11.2 Å². The van der Waals surface area contributed by atoms with Crippen LogP contribution in [0.25, 0.3) is 16.6 Å². The summed E-state index contributed by atoms with van der Waals surface area (Å²) in [5, 5.41) is 0.528. The summed E-state index contributed by atoms with van der Waals surface area (Å²) < 4.78 is 7.30. The number of hydrogen-bond acceptors (Lipinski definition) is 4. The van der Waals surface area contributed by atoms with Gasteiger partial charge in [-0.05, 0) is 62.1 Å². The van der Waals surface area contributed by atoms with Gasteiger partial charge in [-0.15, -0.1) is 0 Å². The van der Waals surface area contributed by atoms with Gasteiger partial charge in [0, 0.05) is 13.0 Å². The van der Waals surface area contributed by atoms with Gasteiger partial charge in [-0.25, -0.2) is 4.98 Å². The number of hydrogen-bond donors (Lipinski definition) is 0. The normalized spacial score (nSPS) is 11.9. The zero-order chi connectivity index (χ0) is 27.1. The number of carbonyl (C=O) groups excluding carboxylic acids is 1. The van der Waals surface area contributed by atoms with Crippen LogP contribution in [0.4, 0.5) is 0 Å². The topological polar surface area (TPSA) is 64.4 Å². The zero-order valence-electron chi connectivity index (χ0n) is 22.8. The predicted molar refractivity (Wildman–Crippen MR) is 153 cm³/mol. The number of amides is 1. The molecule has 1 heterocycles. The van der Waals surface area contributed by atoms with Gasteiger partial charge in [-0.2, -0.15) is 0 Å². The number of para-hydroxylation sites is 1. The maximum absolute atomic E-state index is 14.0. The molecule has 1 unspecified atom stereocenters. The highest BCUT2D eigenvalue weighted by molar-refractivity contribution is 5.79. The summed E-state index contributed by atoms with van der Waals surface area (Å²) in [6, 6.07) is 22.8. The first-order chi connectivity index (χ1) is 18.4. The summed E-state index contributed by atoms with van der Waals surface area (Å²) in [4.78, 5) is 34.5. The minimum atomic E-state index is -0.419. The lowest BCUT2D eigenvalue weighted by Gasteiger charge is -2.31. The summed E-state index contributed by atoms with van der Waals surface area (Å²) >= 11 is 0. The van der Waals surface area contributed by atoms with E-state index in [0.717, 1.165) is 30.4 Å². The van der Waals surface area contributed by atoms with E-state index in [1.54, 1.807) is 17.7 Å². The molecule has 6 nitrogen and oxygen atoms in total. The van der Waals surface area contributed by atoms with Gasteiger partial charge in [0.2, 0.25) is 5.91 Å². The molecule has 1 atom stereocenters. The quantitative estimate of drug-likeness (QED) is 0.218. The molecule has 0 aliphatic rings. The largest absolute Gasteiger partial charge is 0.495 e. The van der Waals surface area contributed by atoms with E-state index in [-0.39, 0.29) is 11.5 Å². The average Bonchev–Trinajstić information content (AvgIpc) is 2.94. The monoisotopic (exact) mass is 511 g/mol. The van der Waals surface area contributed by atoms with Gasteiger partial charge in [-0.1, -0.05) is 68.3 Å². The Labute approximate surface area is 224 Å². The maximum atomic E-state index is 14.0. The van der Waals surface area contributed by atoms with Gasteiger partial charge in [-0.3, -0.25) is 14.2 Å². The summed E-state index contributed by atoms with van der Waals surface area (Å²) in [5.41, 5.74) is 3.20. The molecule has 4 rings (SSSR count). The van der Waals surface area contributed by atoms with E-state index in [2.05, 4.69) is 6.92 Å². The lowest BCUT2D eigenvalue weighted by Crippen LogP contribution is -2.38. The van der Waals surface area contributed by atoms with Gasteiger partial charge in [0.25, 0.3) is 5.56 Å². The summed E-state index contributed by atoms with van der Waals surface area (Å²) in [6.45, 7) is 6.71. The molecule has 0 saturated carbocycles. The fraction of sp³-hybridized carbons (Fsp3) is 0.344. The summed E-state index contributed by atoms with van der Waals surface area (Å²) in [5.74, 6) is 1.17. The van der Waals surface area contributed by atoms with Crippen molar-refractivity contribution in [2.45, 2.75) is 58.9 Å². The van der Waals surface area contributed by atoms with Crippen molar-refractivity contribution >= 4 is 16.8 Å². The van der Waals surface area contributed by atoms with Crippen molar-refractivity contribution < 1.29 is 9.53 Å². The van der Waals surface area contributed by atoms with Crippen LogP contribution in [0, 0.1) is 6.92 Å². The van der Waals surface area contributed by atoms with E-state index in [1.165, 1.54) is 0 Å². The maximum Gasteiger partial charge on any atom is 0.266 e. The molecule has 0 spiro atoms. The number of aryl methyl sites for hydroxylation is 2. The summed E-state index contributed by atoms with van der Waals surface area (Å²) in [7, 11) is 1.60. The van der Waals surface area contributed by atoms with Crippen molar-refractivity contribution in [1.82, 2.24) is 14.5 Å². The highest BCUT2D eigenvalue weighted by atomic mass is 16.5. The lowest BCUT2D eigenvalue weighted by atomic mass is 10.1. The number of methoxy groups -OCH3 is 1. The number of nitrogens with zero attached hydrogens (tertiary/aromatic N) is 3. The third kappa shape index (κ3) is 5.96. The fourth-order valence-corrected chi connectivity index (χ4v) is 4.88. The fourth-order valence-electron chi connectivity index (χ4n) is 4.88. The number of fused-ring (bicyclic) bond motifs is 1. The molecular formula is C32H37N3O3. The van der Waals surface area contributed by atoms with Crippen LogP contribution in [0.3, 0.4) is 0 Å². The first kappa shape index (κ1) is 27.1. The third-order valence-corrected chi connectivity index (χ3v) is 7.01. The molecule has 0 N–H and O–H groups in total. The van der Waals surface area contributed by atoms with Crippen LogP contribution < -0.4 is 10.3 Å². The molecule has 6 heteroatoms. The summed E-state index contributed by atoms with van der Waals surface area (Å²) in [6.07, 6.45) is 4.04. The van der Waals surface area contributed by atoms with Crippen molar-refractivity contribution in [3.05, 3.63) is 100 Å². The first-order valence-electron chi connectivity index (χ1n) is 13.4. The highest BCUT2D eigenvalue weighted by Gasteiger charge is 2.27.